The van der Waals surface area contributed by atoms with E-state index in [-0.39, 0.29) is 0 Å². The Kier molecular flexibility index (Phi) is 5.14. The predicted molar refractivity (Wildman–Crippen MR) is 127 cm³/mol. The lowest BCUT2D eigenvalue weighted by atomic mass is 9.96. The van der Waals surface area contributed by atoms with Gasteiger partial charge in [0, 0.05) is 36.3 Å². The molecule has 1 aliphatic heterocycles. The summed E-state index contributed by atoms with van der Waals surface area (Å²) >= 11 is 0. The molecule has 0 amide bonds. The van der Waals surface area contributed by atoms with Crippen molar-refractivity contribution in [2.75, 3.05) is 19.5 Å². The van der Waals surface area contributed by atoms with Gasteiger partial charge in [0.25, 0.3) is 10.0 Å². The zero-order chi connectivity index (χ0) is 23.3. The summed E-state index contributed by atoms with van der Waals surface area (Å²) in [6, 6.07) is 8.13. The molecule has 4 heterocycles. The van der Waals surface area contributed by atoms with Crippen molar-refractivity contribution in [3.8, 4) is 22.6 Å². The molecule has 176 valence electrons. The number of fused-ring (bicyclic) bond motifs is 1. The fourth-order valence-corrected chi connectivity index (χ4v) is 4.91. The third kappa shape index (κ3) is 4.07. The first-order valence-corrected chi connectivity index (χ1v) is 13.3. The Bertz CT molecular complexity index is 1470. The highest BCUT2D eigenvalue weighted by Gasteiger charge is 2.30. The van der Waals surface area contributed by atoms with Gasteiger partial charge >= 0.3 is 0 Å². The molecule has 6 rings (SSSR count). The van der Waals surface area contributed by atoms with Crippen LogP contribution in [-0.2, 0) is 14.8 Å². The maximum Gasteiger partial charge on any atom is 0.250 e. The molecule has 1 saturated carbocycles. The minimum Gasteiger partial charge on any atom is -0.453 e. The largest absolute Gasteiger partial charge is 0.453 e. The molecule has 0 bridgehead atoms. The van der Waals surface area contributed by atoms with Crippen molar-refractivity contribution < 1.29 is 17.9 Å². The molecule has 0 atom stereocenters. The van der Waals surface area contributed by atoms with Gasteiger partial charge in [-0.15, -0.1) is 0 Å². The molecular weight excluding hydrogens is 454 g/mol. The molecule has 4 aromatic rings. The third-order valence-electron chi connectivity index (χ3n) is 6.41. The summed E-state index contributed by atoms with van der Waals surface area (Å²) in [4.78, 5) is 4.52. The van der Waals surface area contributed by atoms with Crippen LogP contribution in [0.25, 0.3) is 22.0 Å². The zero-order valence-corrected chi connectivity index (χ0v) is 19.6. The van der Waals surface area contributed by atoms with Crippen LogP contribution in [0.2, 0.25) is 0 Å². The van der Waals surface area contributed by atoms with Crippen LogP contribution >= 0.6 is 0 Å². The van der Waals surface area contributed by atoms with Crippen LogP contribution in [0.5, 0.6) is 11.5 Å². The molecule has 3 aromatic heterocycles. The Morgan fingerprint density at radius 3 is 2.59 bits per heavy atom. The lowest BCUT2D eigenvalue weighted by molar-refractivity contribution is 0.0839. The van der Waals surface area contributed by atoms with E-state index in [1.54, 1.807) is 6.20 Å². The van der Waals surface area contributed by atoms with Crippen molar-refractivity contribution in [2.24, 2.45) is 0 Å². The van der Waals surface area contributed by atoms with Crippen LogP contribution in [0.4, 0.5) is 0 Å². The molecule has 1 aliphatic carbocycles. The summed E-state index contributed by atoms with van der Waals surface area (Å²) in [5, 5.41) is 9.74. The molecule has 0 unspecified atom stereocenters. The van der Waals surface area contributed by atoms with Crippen molar-refractivity contribution >= 4 is 20.9 Å². The summed E-state index contributed by atoms with van der Waals surface area (Å²) in [5.74, 6) is 1.84. The van der Waals surface area contributed by atoms with Gasteiger partial charge in [0.2, 0.25) is 0 Å². The van der Waals surface area contributed by atoms with Crippen LogP contribution in [0.15, 0.2) is 49.1 Å². The second-order valence-corrected chi connectivity index (χ2v) is 10.8. The van der Waals surface area contributed by atoms with Crippen molar-refractivity contribution in [3.63, 3.8) is 0 Å². The second kappa shape index (κ2) is 8.21. The van der Waals surface area contributed by atoms with Gasteiger partial charge in [-0.05, 0) is 49.4 Å². The normalized spacial score (nSPS) is 17.3. The Hall–Kier alpha value is -3.24. The quantitative estimate of drug-likeness (QED) is 0.410. The Balaban J connectivity index is 1.34. The first-order chi connectivity index (χ1) is 16.5. The van der Waals surface area contributed by atoms with Crippen LogP contribution in [0, 0.1) is 0 Å². The topological polar surface area (TPSA) is 101 Å². The molecule has 10 heteroatoms. The molecule has 34 heavy (non-hydrogen) atoms. The first-order valence-electron chi connectivity index (χ1n) is 11.4. The molecule has 0 N–H and O–H groups in total. The van der Waals surface area contributed by atoms with Gasteiger partial charge in [-0.1, -0.05) is 6.07 Å². The number of ether oxygens (including phenoxy) is 2. The molecular formula is C24H25N5O4S. The summed E-state index contributed by atoms with van der Waals surface area (Å²) in [5.41, 5.74) is 3.29. The highest BCUT2D eigenvalue weighted by atomic mass is 32.2. The summed E-state index contributed by atoms with van der Waals surface area (Å²) in [6.45, 7) is 1.49. The molecule has 0 radical (unpaired) electrons. The second-order valence-electron chi connectivity index (χ2n) is 8.98. The van der Waals surface area contributed by atoms with Gasteiger partial charge in [0.1, 0.15) is 11.4 Å². The molecule has 0 spiro atoms. The lowest BCUT2D eigenvalue weighted by Gasteiger charge is -2.21. The molecule has 1 aromatic carbocycles. The highest BCUT2D eigenvalue weighted by molar-refractivity contribution is 7.89. The zero-order valence-electron chi connectivity index (χ0n) is 18.8. The van der Waals surface area contributed by atoms with Crippen LogP contribution < -0.4 is 4.74 Å². The SMILES string of the molecule is CS(=O)(=O)n1cc(-c2ccc3c(Oc4cn(C5CC5)nc4C4CCOCC4)ccnc3c2)cn1. The van der Waals surface area contributed by atoms with Gasteiger partial charge in [0.15, 0.2) is 5.75 Å². The van der Waals surface area contributed by atoms with E-state index < -0.39 is 10.0 Å². The molecule has 9 nitrogen and oxygen atoms in total. The van der Waals surface area contributed by atoms with Crippen LogP contribution in [0.3, 0.4) is 0 Å². The summed E-state index contributed by atoms with van der Waals surface area (Å²) in [6.07, 6.45) is 12.1. The van der Waals surface area contributed by atoms with Gasteiger partial charge in [0.05, 0.1) is 36.4 Å². The van der Waals surface area contributed by atoms with E-state index in [0.29, 0.717) is 23.3 Å². The van der Waals surface area contributed by atoms with Gasteiger partial charge in [-0.25, -0.2) is 8.42 Å². The Morgan fingerprint density at radius 2 is 1.85 bits per heavy atom. The van der Waals surface area contributed by atoms with Crippen molar-refractivity contribution in [2.45, 2.75) is 37.6 Å². The van der Waals surface area contributed by atoms with E-state index in [1.165, 1.54) is 12.4 Å². The van der Waals surface area contributed by atoms with E-state index >= 15 is 0 Å². The smallest absolute Gasteiger partial charge is 0.250 e. The molecule has 2 aliphatic rings. The number of hydrogen-bond acceptors (Lipinski definition) is 7. The van der Waals surface area contributed by atoms with Crippen molar-refractivity contribution in [1.82, 2.24) is 24.0 Å². The van der Waals surface area contributed by atoms with Gasteiger partial charge in [-0.3, -0.25) is 9.67 Å². The highest BCUT2D eigenvalue weighted by Crippen LogP contribution is 2.41. The van der Waals surface area contributed by atoms with E-state index in [1.807, 2.05) is 30.5 Å². The summed E-state index contributed by atoms with van der Waals surface area (Å²) in [7, 11) is -3.43. The first kappa shape index (κ1) is 21.3. The average Bonchev–Trinajstić information content (AvgIpc) is 3.39. The van der Waals surface area contributed by atoms with E-state index in [9.17, 15) is 8.42 Å². The maximum atomic E-state index is 11.8. The number of benzene rings is 1. The van der Waals surface area contributed by atoms with Crippen molar-refractivity contribution in [3.05, 3.63) is 54.7 Å². The van der Waals surface area contributed by atoms with E-state index in [2.05, 4.69) is 14.8 Å². The van der Waals surface area contributed by atoms with Crippen LogP contribution in [-0.4, -0.2) is 51.8 Å². The number of hydrogen-bond donors (Lipinski definition) is 0. The fraction of sp³-hybridized carbons (Fsp3) is 0.375. The minimum absolute atomic E-state index is 0.329. The fourth-order valence-electron chi connectivity index (χ4n) is 4.39. The molecule has 1 saturated heterocycles. The number of rotatable bonds is 6. The van der Waals surface area contributed by atoms with Gasteiger partial charge < -0.3 is 9.47 Å². The number of nitrogens with zero attached hydrogens (tertiary/aromatic N) is 5. The molecule has 2 fully saturated rings. The summed E-state index contributed by atoms with van der Waals surface area (Å²) < 4.78 is 38.6. The van der Waals surface area contributed by atoms with Crippen LogP contribution in [0.1, 0.15) is 43.3 Å². The Morgan fingerprint density at radius 1 is 1.03 bits per heavy atom. The number of pyridine rings is 1. The minimum atomic E-state index is -3.43. The monoisotopic (exact) mass is 479 g/mol. The average molecular weight is 480 g/mol. The maximum absolute atomic E-state index is 11.8. The lowest BCUT2D eigenvalue weighted by Crippen LogP contribution is -2.15. The van der Waals surface area contributed by atoms with E-state index in [0.717, 1.165) is 77.1 Å². The third-order valence-corrected chi connectivity index (χ3v) is 7.29. The van der Waals surface area contributed by atoms with E-state index in [4.69, 9.17) is 14.6 Å². The van der Waals surface area contributed by atoms with Crippen molar-refractivity contribution in [1.29, 1.82) is 0 Å². The standard InChI is InChI=1S/C24H25N5O4S/c1-34(30,31)29-14-18(13-26-29)17-2-5-20-21(12-17)25-9-6-22(20)33-23-15-28(19-3-4-19)27-24(23)16-7-10-32-11-8-16/h2,5-6,9,12-16,19H,3-4,7-8,10-11H2,1H3. The predicted octanol–water partition coefficient (Wildman–Crippen LogP) is 4.12. The number of aromatic nitrogens is 5. The van der Waals surface area contributed by atoms with Gasteiger partial charge in [-0.2, -0.15) is 14.3 Å². The Labute approximate surface area is 197 Å².